The first kappa shape index (κ1) is 22.1. The summed E-state index contributed by atoms with van der Waals surface area (Å²) in [6.07, 6.45) is 0.174. The van der Waals surface area contributed by atoms with E-state index in [1.165, 1.54) is 16.7 Å². The zero-order valence-corrected chi connectivity index (χ0v) is 18.1. The Balaban J connectivity index is 2.47. The predicted octanol–water partition coefficient (Wildman–Crippen LogP) is 5.54. The van der Waals surface area contributed by atoms with Gasteiger partial charge in [0, 0.05) is 6.54 Å². The summed E-state index contributed by atoms with van der Waals surface area (Å²) < 4.78 is 19.9. The number of ether oxygens (including phenoxy) is 1. The lowest BCUT2D eigenvalue weighted by atomic mass is 9.88. The largest absolute Gasteiger partial charge is 0.466 e. The maximum atomic E-state index is 14.8. The monoisotopic (exact) mass is 385 g/mol. The lowest BCUT2D eigenvalue weighted by molar-refractivity contribution is -0.143. The Kier molecular flexibility index (Phi) is 7.36. The van der Waals surface area contributed by atoms with Gasteiger partial charge in [0.05, 0.1) is 13.0 Å². The first-order valence-electron chi connectivity index (χ1n) is 9.84. The van der Waals surface area contributed by atoms with E-state index in [2.05, 4.69) is 45.0 Å². The van der Waals surface area contributed by atoms with Gasteiger partial charge in [0.1, 0.15) is 5.82 Å². The molecule has 0 aliphatic heterocycles. The van der Waals surface area contributed by atoms with Gasteiger partial charge in [0.25, 0.3) is 0 Å². The summed E-state index contributed by atoms with van der Waals surface area (Å²) in [5, 5.41) is 0. The molecule has 0 saturated heterocycles. The summed E-state index contributed by atoms with van der Waals surface area (Å²) in [5.74, 6) is -0.774. The molecule has 4 heteroatoms. The second-order valence-corrected chi connectivity index (χ2v) is 7.95. The molecule has 2 aromatic carbocycles. The van der Waals surface area contributed by atoms with E-state index in [1.54, 1.807) is 13.8 Å². The Morgan fingerprint density at radius 1 is 1.07 bits per heavy atom. The fourth-order valence-corrected chi connectivity index (χ4v) is 3.84. The second kappa shape index (κ2) is 9.33. The number of benzene rings is 2. The predicted molar refractivity (Wildman–Crippen MR) is 113 cm³/mol. The molecule has 0 aliphatic carbocycles. The number of esters is 1. The molecule has 2 rings (SSSR count). The standard InChI is InChI=1S/C24H32FNO2/c1-8-28-22(27)12-15(2)21-13-20(11-18(5)24(21)25)23-16(3)9-19(10-17(23)4)14-26(6)7/h9-11,13,15H,8,12,14H2,1-7H3/t15-/m0/s1. The van der Waals surface area contributed by atoms with E-state index < -0.39 is 0 Å². The van der Waals surface area contributed by atoms with Gasteiger partial charge < -0.3 is 9.64 Å². The fourth-order valence-electron chi connectivity index (χ4n) is 3.84. The molecule has 0 spiro atoms. The number of hydrogen-bond acceptors (Lipinski definition) is 3. The van der Waals surface area contributed by atoms with E-state index in [9.17, 15) is 9.18 Å². The fraction of sp³-hybridized carbons (Fsp3) is 0.458. The van der Waals surface area contributed by atoms with Crippen molar-refractivity contribution < 1.29 is 13.9 Å². The highest BCUT2D eigenvalue weighted by molar-refractivity contribution is 5.74. The Hall–Kier alpha value is -2.20. The summed E-state index contributed by atoms with van der Waals surface area (Å²) in [7, 11) is 4.11. The van der Waals surface area contributed by atoms with Gasteiger partial charge in [-0.3, -0.25) is 4.79 Å². The van der Waals surface area contributed by atoms with Gasteiger partial charge >= 0.3 is 5.97 Å². The van der Waals surface area contributed by atoms with E-state index in [0.717, 1.165) is 17.7 Å². The van der Waals surface area contributed by atoms with Crippen molar-refractivity contribution in [1.29, 1.82) is 0 Å². The Labute approximate surface area is 168 Å². The van der Waals surface area contributed by atoms with Gasteiger partial charge in [-0.25, -0.2) is 4.39 Å². The van der Waals surface area contributed by atoms with E-state index in [4.69, 9.17) is 4.74 Å². The van der Waals surface area contributed by atoms with Gasteiger partial charge in [-0.1, -0.05) is 19.1 Å². The average molecular weight is 386 g/mol. The van der Waals surface area contributed by atoms with Crippen LogP contribution in [-0.4, -0.2) is 31.6 Å². The molecule has 28 heavy (non-hydrogen) atoms. The molecule has 0 aromatic heterocycles. The SMILES string of the molecule is CCOC(=O)C[C@H](C)c1cc(-c2c(C)cc(CN(C)C)cc2C)cc(C)c1F. The van der Waals surface area contributed by atoms with Crippen molar-refractivity contribution in [3.8, 4) is 11.1 Å². The molecule has 152 valence electrons. The summed E-state index contributed by atoms with van der Waals surface area (Å²) in [5.41, 5.74) is 6.90. The van der Waals surface area contributed by atoms with Crippen molar-refractivity contribution in [2.75, 3.05) is 20.7 Å². The molecule has 3 nitrogen and oxygen atoms in total. The van der Waals surface area contributed by atoms with E-state index in [1.807, 2.05) is 19.1 Å². The molecule has 2 aromatic rings. The molecule has 0 radical (unpaired) electrons. The number of nitrogens with zero attached hydrogens (tertiary/aromatic N) is 1. The van der Waals surface area contributed by atoms with Gasteiger partial charge in [-0.05, 0) is 98.8 Å². The van der Waals surface area contributed by atoms with Crippen molar-refractivity contribution in [3.63, 3.8) is 0 Å². The van der Waals surface area contributed by atoms with E-state index in [0.29, 0.717) is 17.7 Å². The maximum Gasteiger partial charge on any atom is 0.306 e. The smallest absolute Gasteiger partial charge is 0.306 e. The zero-order chi connectivity index (χ0) is 21.0. The van der Waals surface area contributed by atoms with Gasteiger partial charge in [-0.2, -0.15) is 0 Å². The average Bonchev–Trinajstić information content (AvgIpc) is 2.56. The van der Waals surface area contributed by atoms with Crippen molar-refractivity contribution in [1.82, 2.24) is 4.90 Å². The highest BCUT2D eigenvalue weighted by Crippen LogP contribution is 2.34. The minimum atomic E-state index is -0.294. The molecular formula is C24H32FNO2. The Bertz CT molecular complexity index is 835. The number of rotatable bonds is 7. The molecular weight excluding hydrogens is 353 g/mol. The van der Waals surface area contributed by atoms with E-state index >= 15 is 0 Å². The zero-order valence-electron chi connectivity index (χ0n) is 18.1. The van der Waals surface area contributed by atoms with Gasteiger partial charge in [0.2, 0.25) is 0 Å². The van der Waals surface area contributed by atoms with Crippen molar-refractivity contribution >= 4 is 5.97 Å². The van der Waals surface area contributed by atoms with Crippen LogP contribution in [0, 0.1) is 26.6 Å². The van der Waals surface area contributed by atoms with Crippen LogP contribution < -0.4 is 0 Å². The van der Waals surface area contributed by atoms with Gasteiger partial charge in [0.15, 0.2) is 0 Å². The van der Waals surface area contributed by atoms with Crippen LogP contribution in [-0.2, 0) is 16.1 Å². The first-order valence-corrected chi connectivity index (χ1v) is 9.84. The number of aryl methyl sites for hydroxylation is 3. The summed E-state index contributed by atoms with van der Waals surface area (Å²) in [6.45, 7) is 10.9. The molecule has 0 bridgehead atoms. The molecule has 0 heterocycles. The Morgan fingerprint density at radius 3 is 2.21 bits per heavy atom. The molecule has 0 saturated carbocycles. The number of halogens is 1. The quantitative estimate of drug-likeness (QED) is 0.586. The highest BCUT2D eigenvalue weighted by atomic mass is 19.1. The second-order valence-electron chi connectivity index (χ2n) is 7.95. The number of carbonyl (C=O) groups is 1. The summed E-state index contributed by atoms with van der Waals surface area (Å²) >= 11 is 0. The Morgan fingerprint density at radius 2 is 1.68 bits per heavy atom. The van der Waals surface area contributed by atoms with Crippen molar-refractivity contribution in [2.45, 2.75) is 53.5 Å². The minimum absolute atomic E-state index is 0.174. The third kappa shape index (κ3) is 5.20. The topological polar surface area (TPSA) is 29.5 Å². The van der Waals surface area contributed by atoms with Gasteiger partial charge in [-0.15, -0.1) is 0 Å². The number of hydrogen-bond donors (Lipinski definition) is 0. The van der Waals surface area contributed by atoms with Crippen LogP contribution in [0.15, 0.2) is 24.3 Å². The van der Waals surface area contributed by atoms with Crippen LogP contribution >= 0.6 is 0 Å². The first-order chi connectivity index (χ1) is 13.1. The van der Waals surface area contributed by atoms with Crippen LogP contribution in [0.4, 0.5) is 4.39 Å². The van der Waals surface area contributed by atoms with Crippen LogP contribution in [0.2, 0.25) is 0 Å². The maximum absolute atomic E-state index is 14.8. The lowest BCUT2D eigenvalue weighted by Gasteiger charge is -2.19. The molecule has 0 fully saturated rings. The number of carbonyl (C=O) groups excluding carboxylic acids is 1. The normalized spacial score (nSPS) is 12.3. The van der Waals surface area contributed by atoms with Crippen molar-refractivity contribution in [3.05, 3.63) is 57.9 Å². The third-order valence-corrected chi connectivity index (χ3v) is 4.97. The van der Waals surface area contributed by atoms with E-state index in [-0.39, 0.29) is 24.1 Å². The minimum Gasteiger partial charge on any atom is -0.466 e. The van der Waals surface area contributed by atoms with Crippen LogP contribution in [0.3, 0.4) is 0 Å². The van der Waals surface area contributed by atoms with Crippen molar-refractivity contribution in [2.24, 2.45) is 0 Å². The highest BCUT2D eigenvalue weighted by Gasteiger charge is 2.20. The molecule has 1 atom stereocenters. The molecule has 0 aliphatic rings. The summed E-state index contributed by atoms with van der Waals surface area (Å²) in [6, 6.07) is 8.19. The third-order valence-electron chi connectivity index (χ3n) is 4.97. The lowest BCUT2D eigenvalue weighted by Crippen LogP contribution is -2.11. The van der Waals surface area contributed by atoms with Crippen LogP contribution in [0.5, 0.6) is 0 Å². The molecule has 0 amide bonds. The van der Waals surface area contributed by atoms with Crippen LogP contribution in [0.25, 0.3) is 11.1 Å². The van der Waals surface area contributed by atoms with Crippen LogP contribution in [0.1, 0.15) is 54.0 Å². The molecule has 0 unspecified atom stereocenters. The summed E-state index contributed by atoms with van der Waals surface area (Å²) in [4.78, 5) is 14.0. The molecule has 0 N–H and O–H groups in total.